The minimum absolute atomic E-state index is 0.130. The summed E-state index contributed by atoms with van der Waals surface area (Å²) in [5.74, 6) is 0.743. The van der Waals surface area contributed by atoms with Gasteiger partial charge in [-0.25, -0.2) is 4.68 Å². The minimum atomic E-state index is -0.374. The van der Waals surface area contributed by atoms with Crippen LogP contribution in [0, 0.1) is 19.3 Å². The SMILES string of the molecule is Cc1c(C(=O)Nc2c(C)n(C)n(C3CCCCC3)c2=O)noc1[C@@H]1CCC(C)(C)C1. The molecule has 1 amide bonds. The molecule has 164 valence electrons. The molecule has 0 aliphatic heterocycles. The highest BCUT2D eigenvalue weighted by molar-refractivity contribution is 6.04. The smallest absolute Gasteiger partial charge is 0.291 e. The normalized spacial score (nSPS) is 21.8. The molecule has 0 radical (unpaired) electrons. The molecule has 2 heterocycles. The van der Waals surface area contributed by atoms with Gasteiger partial charge in [0.05, 0.1) is 11.7 Å². The van der Waals surface area contributed by atoms with Crippen LogP contribution in [-0.4, -0.2) is 20.4 Å². The monoisotopic (exact) mass is 414 g/mol. The standard InChI is InChI=1S/C23H34N4O3/c1-14-18(25-30-20(14)16-11-12-23(3,4)13-16)21(28)24-19-15(2)26(5)27(22(19)29)17-9-7-6-8-10-17/h16-17H,6-13H2,1-5H3,(H,24,28)/t16-/m1/s1. The highest BCUT2D eigenvalue weighted by Gasteiger charge is 2.36. The molecule has 0 aromatic carbocycles. The van der Waals surface area contributed by atoms with Gasteiger partial charge < -0.3 is 9.84 Å². The lowest BCUT2D eigenvalue weighted by Crippen LogP contribution is -2.29. The first kappa shape index (κ1) is 20.9. The molecule has 2 aromatic rings. The number of aromatic nitrogens is 3. The molecule has 0 bridgehead atoms. The van der Waals surface area contributed by atoms with Crippen molar-refractivity contribution in [2.24, 2.45) is 12.5 Å². The van der Waals surface area contributed by atoms with Gasteiger partial charge in [0.1, 0.15) is 11.4 Å². The molecule has 7 nitrogen and oxygen atoms in total. The number of carbonyl (C=O) groups is 1. The van der Waals surface area contributed by atoms with Gasteiger partial charge in [-0.2, -0.15) is 0 Å². The fourth-order valence-electron chi connectivity index (χ4n) is 5.38. The minimum Gasteiger partial charge on any atom is -0.360 e. The summed E-state index contributed by atoms with van der Waals surface area (Å²) >= 11 is 0. The van der Waals surface area contributed by atoms with Crippen molar-refractivity contribution in [3.8, 4) is 0 Å². The maximum Gasteiger partial charge on any atom is 0.291 e. The second-order valence-corrected chi connectivity index (χ2v) is 10.0. The van der Waals surface area contributed by atoms with E-state index in [9.17, 15) is 9.59 Å². The molecule has 2 aliphatic rings. The van der Waals surface area contributed by atoms with Crippen molar-refractivity contribution >= 4 is 11.6 Å². The molecule has 0 spiro atoms. The number of hydrogen-bond acceptors (Lipinski definition) is 4. The summed E-state index contributed by atoms with van der Waals surface area (Å²) < 4.78 is 9.31. The van der Waals surface area contributed by atoms with Crippen molar-refractivity contribution in [1.82, 2.24) is 14.5 Å². The van der Waals surface area contributed by atoms with Crippen molar-refractivity contribution in [3.05, 3.63) is 33.1 Å². The van der Waals surface area contributed by atoms with Gasteiger partial charge in [0.25, 0.3) is 11.5 Å². The van der Waals surface area contributed by atoms with E-state index in [2.05, 4.69) is 24.3 Å². The quantitative estimate of drug-likeness (QED) is 0.776. The molecule has 2 aliphatic carbocycles. The third-order valence-corrected chi connectivity index (χ3v) is 7.27. The highest BCUT2D eigenvalue weighted by Crippen LogP contribution is 2.47. The maximum absolute atomic E-state index is 13.1. The Kier molecular flexibility index (Phi) is 5.41. The van der Waals surface area contributed by atoms with Crippen LogP contribution in [0.5, 0.6) is 0 Å². The summed E-state index contributed by atoms with van der Waals surface area (Å²) in [6, 6.07) is 0.201. The van der Waals surface area contributed by atoms with Crippen LogP contribution >= 0.6 is 0 Å². The van der Waals surface area contributed by atoms with Crippen molar-refractivity contribution < 1.29 is 9.32 Å². The fourth-order valence-corrected chi connectivity index (χ4v) is 5.38. The van der Waals surface area contributed by atoms with Crippen LogP contribution in [0.25, 0.3) is 0 Å². The predicted octanol–water partition coefficient (Wildman–Crippen LogP) is 4.84. The fraction of sp³-hybridized carbons (Fsp3) is 0.696. The van der Waals surface area contributed by atoms with Crippen molar-refractivity contribution in [2.45, 2.75) is 91.0 Å². The first-order valence-electron chi connectivity index (χ1n) is 11.2. The second kappa shape index (κ2) is 7.75. The Morgan fingerprint density at radius 2 is 1.87 bits per heavy atom. The van der Waals surface area contributed by atoms with Gasteiger partial charge in [0.2, 0.25) is 0 Å². The molecule has 30 heavy (non-hydrogen) atoms. The topological polar surface area (TPSA) is 82.1 Å². The van der Waals surface area contributed by atoms with Crippen LogP contribution in [0.15, 0.2) is 9.32 Å². The number of anilines is 1. The van der Waals surface area contributed by atoms with Crippen molar-refractivity contribution in [1.29, 1.82) is 0 Å². The molecule has 2 saturated carbocycles. The Labute approximate surface area is 177 Å². The summed E-state index contributed by atoms with van der Waals surface area (Å²) in [7, 11) is 1.89. The Balaban J connectivity index is 1.57. The van der Waals surface area contributed by atoms with Gasteiger partial charge in [-0.1, -0.05) is 38.3 Å². The van der Waals surface area contributed by atoms with E-state index >= 15 is 0 Å². The lowest BCUT2D eigenvalue weighted by Gasteiger charge is -2.24. The molecule has 0 saturated heterocycles. The van der Waals surface area contributed by atoms with Gasteiger partial charge in [-0.05, 0) is 51.4 Å². The molecule has 4 rings (SSSR count). The number of nitrogens with one attached hydrogen (secondary N) is 1. The third-order valence-electron chi connectivity index (χ3n) is 7.27. The zero-order chi connectivity index (χ0) is 21.6. The summed E-state index contributed by atoms with van der Waals surface area (Å²) in [6.07, 6.45) is 8.75. The molecule has 0 unspecified atom stereocenters. The van der Waals surface area contributed by atoms with E-state index in [1.807, 2.05) is 30.3 Å². The Morgan fingerprint density at radius 3 is 2.50 bits per heavy atom. The molecule has 2 aromatic heterocycles. The van der Waals surface area contributed by atoms with Crippen LogP contribution in [-0.2, 0) is 7.05 Å². The van der Waals surface area contributed by atoms with E-state index in [0.717, 1.165) is 62.0 Å². The third kappa shape index (κ3) is 3.63. The van der Waals surface area contributed by atoms with Gasteiger partial charge in [0, 0.05) is 18.5 Å². The van der Waals surface area contributed by atoms with Crippen LogP contribution < -0.4 is 10.9 Å². The summed E-state index contributed by atoms with van der Waals surface area (Å²) in [5.41, 5.74) is 2.33. The number of rotatable bonds is 4. The van der Waals surface area contributed by atoms with Crippen LogP contribution in [0.1, 0.15) is 105 Å². The highest BCUT2D eigenvalue weighted by atomic mass is 16.5. The van der Waals surface area contributed by atoms with E-state index < -0.39 is 0 Å². The lowest BCUT2D eigenvalue weighted by atomic mass is 9.89. The zero-order valence-electron chi connectivity index (χ0n) is 18.9. The average molecular weight is 415 g/mol. The summed E-state index contributed by atoms with van der Waals surface area (Å²) in [6.45, 7) is 8.30. The first-order chi connectivity index (χ1) is 14.2. The Morgan fingerprint density at radius 1 is 1.17 bits per heavy atom. The largest absolute Gasteiger partial charge is 0.360 e. The number of carbonyl (C=O) groups excluding carboxylic acids is 1. The van der Waals surface area contributed by atoms with E-state index in [1.165, 1.54) is 6.42 Å². The zero-order valence-corrected chi connectivity index (χ0v) is 18.9. The van der Waals surface area contributed by atoms with Gasteiger partial charge in [0.15, 0.2) is 5.69 Å². The molecule has 1 atom stereocenters. The molecular formula is C23H34N4O3. The molecule has 7 heteroatoms. The molecule has 1 N–H and O–H groups in total. The number of hydrogen-bond donors (Lipinski definition) is 1. The number of nitrogens with zero attached hydrogens (tertiary/aromatic N) is 3. The van der Waals surface area contributed by atoms with Crippen molar-refractivity contribution in [2.75, 3.05) is 5.32 Å². The first-order valence-corrected chi connectivity index (χ1v) is 11.2. The average Bonchev–Trinajstić information content (AvgIpc) is 3.33. The van der Waals surface area contributed by atoms with Crippen molar-refractivity contribution in [3.63, 3.8) is 0 Å². The summed E-state index contributed by atoms with van der Waals surface area (Å²) in [4.78, 5) is 26.1. The summed E-state index contributed by atoms with van der Waals surface area (Å²) in [5, 5.41) is 6.92. The second-order valence-electron chi connectivity index (χ2n) is 10.0. The molecular weight excluding hydrogens is 380 g/mol. The van der Waals surface area contributed by atoms with E-state index in [0.29, 0.717) is 11.6 Å². The van der Waals surface area contributed by atoms with E-state index in [4.69, 9.17) is 4.52 Å². The van der Waals surface area contributed by atoms with Crippen LogP contribution in [0.3, 0.4) is 0 Å². The Bertz CT molecular complexity index is 1000. The maximum atomic E-state index is 13.1. The number of amides is 1. The van der Waals surface area contributed by atoms with Gasteiger partial charge in [-0.3, -0.25) is 14.3 Å². The van der Waals surface area contributed by atoms with Gasteiger partial charge >= 0.3 is 0 Å². The van der Waals surface area contributed by atoms with Crippen LogP contribution in [0.2, 0.25) is 0 Å². The Hall–Kier alpha value is -2.31. The van der Waals surface area contributed by atoms with Gasteiger partial charge in [-0.15, -0.1) is 0 Å². The van der Waals surface area contributed by atoms with Crippen LogP contribution in [0.4, 0.5) is 5.69 Å². The predicted molar refractivity (Wildman–Crippen MR) is 116 cm³/mol. The lowest BCUT2D eigenvalue weighted by molar-refractivity contribution is 0.101. The van der Waals surface area contributed by atoms with E-state index in [1.54, 1.807) is 0 Å². The molecule has 2 fully saturated rings. The van der Waals surface area contributed by atoms with E-state index in [-0.39, 0.29) is 28.6 Å².